The summed E-state index contributed by atoms with van der Waals surface area (Å²) in [5.74, 6) is 0.423. The van der Waals surface area contributed by atoms with Crippen molar-refractivity contribution in [3.63, 3.8) is 0 Å². The van der Waals surface area contributed by atoms with Crippen LogP contribution in [0.5, 0.6) is 11.5 Å². The van der Waals surface area contributed by atoms with Crippen LogP contribution in [0.1, 0.15) is 22.8 Å². The predicted molar refractivity (Wildman–Crippen MR) is 96.5 cm³/mol. The Hall–Kier alpha value is -3.42. The average molecular weight is 356 g/mol. The molecule has 0 saturated carbocycles. The molecule has 0 spiro atoms. The van der Waals surface area contributed by atoms with Gasteiger partial charge in [0.05, 0.1) is 26.5 Å². The third kappa shape index (κ3) is 5.04. The summed E-state index contributed by atoms with van der Waals surface area (Å²) >= 11 is 0. The van der Waals surface area contributed by atoms with E-state index in [1.165, 1.54) is 12.4 Å². The number of nitrogens with zero attached hydrogens (tertiary/aromatic N) is 2. The van der Waals surface area contributed by atoms with Crippen molar-refractivity contribution in [3.05, 3.63) is 53.9 Å². The first-order valence-electron chi connectivity index (χ1n) is 7.79. The molecule has 136 valence electrons. The van der Waals surface area contributed by atoms with Crippen molar-refractivity contribution in [2.45, 2.75) is 6.92 Å². The van der Waals surface area contributed by atoms with Gasteiger partial charge in [-0.05, 0) is 31.2 Å². The Bertz CT molecular complexity index is 806. The van der Waals surface area contributed by atoms with Crippen molar-refractivity contribution in [3.8, 4) is 11.5 Å². The molecule has 0 unspecified atom stereocenters. The van der Waals surface area contributed by atoms with Crippen molar-refractivity contribution >= 4 is 17.5 Å². The summed E-state index contributed by atoms with van der Waals surface area (Å²) in [6, 6.07) is 8.41. The third-order valence-electron chi connectivity index (χ3n) is 3.50. The van der Waals surface area contributed by atoms with Gasteiger partial charge in [0.15, 0.2) is 0 Å². The molecule has 2 amide bonds. The number of hydrazone groups is 1. The summed E-state index contributed by atoms with van der Waals surface area (Å²) in [7, 11) is 3.11. The van der Waals surface area contributed by atoms with Gasteiger partial charge in [-0.3, -0.25) is 14.6 Å². The molecule has 0 aliphatic rings. The van der Waals surface area contributed by atoms with Crippen LogP contribution in [0.15, 0.2) is 47.8 Å². The standard InChI is InChI=1S/C18H20N4O4/c1-12(15-5-4-14(25-2)10-16(15)26-3)21-22-17(23)11-20-18(24)13-6-8-19-9-7-13/h4-10H,11H2,1-3H3,(H,20,24)(H,22,23)/b21-12+. The SMILES string of the molecule is COc1ccc(/C(C)=N/NC(=O)CNC(=O)c2ccncc2)c(OC)c1. The molecule has 0 bridgehead atoms. The van der Waals surface area contributed by atoms with E-state index < -0.39 is 5.91 Å². The first kappa shape index (κ1) is 18.9. The topological polar surface area (TPSA) is 102 Å². The van der Waals surface area contributed by atoms with E-state index in [0.29, 0.717) is 22.8 Å². The smallest absolute Gasteiger partial charge is 0.259 e. The molecule has 2 rings (SSSR count). The minimum atomic E-state index is -0.445. The molecule has 0 radical (unpaired) electrons. The number of carbonyl (C=O) groups is 2. The molecule has 0 aliphatic heterocycles. The molecule has 0 saturated heterocycles. The highest BCUT2D eigenvalue weighted by Crippen LogP contribution is 2.24. The van der Waals surface area contributed by atoms with Crippen LogP contribution in [-0.2, 0) is 4.79 Å². The summed E-state index contributed by atoms with van der Waals surface area (Å²) in [5, 5.41) is 6.55. The zero-order valence-corrected chi connectivity index (χ0v) is 14.8. The molecule has 2 N–H and O–H groups in total. The molecular weight excluding hydrogens is 336 g/mol. The van der Waals surface area contributed by atoms with Crippen molar-refractivity contribution in [2.24, 2.45) is 5.10 Å². The number of nitrogens with one attached hydrogen (secondary N) is 2. The van der Waals surface area contributed by atoms with Gasteiger partial charge in [0.2, 0.25) is 0 Å². The van der Waals surface area contributed by atoms with Crippen LogP contribution in [-0.4, -0.2) is 43.3 Å². The third-order valence-corrected chi connectivity index (χ3v) is 3.50. The molecule has 0 fully saturated rings. The maximum atomic E-state index is 11.9. The Morgan fingerprint density at radius 3 is 2.50 bits per heavy atom. The number of rotatable bonds is 7. The van der Waals surface area contributed by atoms with Crippen molar-refractivity contribution < 1.29 is 19.1 Å². The van der Waals surface area contributed by atoms with Crippen LogP contribution < -0.4 is 20.2 Å². The lowest BCUT2D eigenvalue weighted by molar-refractivity contribution is -0.120. The average Bonchev–Trinajstić information content (AvgIpc) is 2.70. The second-order valence-corrected chi connectivity index (χ2v) is 5.22. The Balaban J connectivity index is 1.94. The molecule has 1 aromatic carbocycles. The predicted octanol–water partition coefficient (Wildman–Crippen LogP) is 1.37. The van der Waals surface area contributed by atoms with E-state index in [-0.39, 0.29) is 12.5 Å². The van der Waals surface area contributed by atoms with E-state index in [0.717, 1.165) is 5.56 Å². The number of hydrogen-bond donors (Lipinski definition) is 2. The molecule has 26 heavy (non-hydrogen) atoms. The van der Waals surface area contributed by atoms with Crippen molar-refractivity contribution in [1.82, 2.24) is 15.7 Å². The normalized spacial score (nSPS) is 10.8. The summed E-state index contributed by atoms with van der Waals surface area (Å²) in [5.41, 5.74) is 4.10. The number of benzene rings is 1. The first-order chi connectivity index (χ1) is 12.5. The summed E-state index contributed by atoms with van der Waals surface area (Å²) in [4.78, 5) is 27.6. The molecular formula is C18H20N4O4. The van der Waals surface area contributed by atoms with Gasteiger partial charge in [-0.25, -0.2) is 5.43 Å². The summed E-state index contributed by atoms with van der Waals surface area (Å²) < 4.78 is 10.5. The van der Waals surface area contributed by atoms with Gasteiger partial charge in [-0.2, -0.15) is 5.10 Å². The van der Waals surface area contributed by atoms with Crippen molar-refractivity contribution in [1.29, 1.82) is 0 Å². The quantitative estimate of drug-likeness (QED) is 0.576. The Morgan fingerprint density at radius 2 is 1.85 bits per heavy atom. The van der Waals surface area contributed by atoms with E-state index in [4.69, 9.17) is 9.47 Å². The second-order valence-electron chi connectivity index (χ2n) is 5.22. The lowest BCUT2D eigenvalue weighted by Gasteiger charge is -2.10. The highest BCUT2D eigenvalue weighted by atomic mass is 16.5. The Morgan fingerprint density at radius 1 is 1.12 bits per heavy atom. The number of ether oxygens (including phenoxy) is 2. The van der Waals surface area contributed by atoms with Crippen LogP contribution >= 0.6 is 0 Å². The second kappa shape index (κ2) is 9.16. The Kier molecular flexibility index (Phi) is 6.67. The molecule has 8 nitrogen and oxygen atoms in total. The fraction of sp³-hybridized carbons (Fsp3) is 0.222. The molecule has 0 atom stereocenters. The molecule has 1 heterocycles. The van der Waals surface area contributed by atoms with E-state index >= 15 is 0 Å². The van der Waals surface area contributed by atoms with Crippen LogP contribution in [0, 0.1) is 0 Å². The fourth-order valence-electron chi connectivity index (χ4n) is 2.11. The maximum Gasteiger partial charge on any atom is 0.259 e. The van der Waals surface area contributed by atoms with Gasteiger partial charge in [0.1, 0.15) is 11.5 Å². The Labute approximate surface area is 151 Å². The van der Waals surface area contributed by atoms with Gasteiger partial charge >= 0.3 is 0 Å². The van der Waals surface area contributed by atoms with Crippen LogP contribution in [0.2, 0.25) is 0 Å². The molecule has 0 aliphatic carbocycles. The van der Waals surface area contributed by atoms with Gasteiger partial charge < -0.3 is 14.8 Å². The van der Waals surface area contributed by atoms with Gasteiger partial charge in [0.25, 0.3) is 11.8 Å². The summed E-state index contributed by atoms with van der Waals surface area (Å²) in [6.45, 7) is 1.54. The van der Waals surface area contributed by atoms with Gasteiger partial charge in [-0.1, -0.05) is 0 Å². The van der Waals surface area contributed by atoms with E-state index in [1.54, 1.807) is 51.5 Å². The highest BCUT2D eigenvalue weighted by molar-refractivity contribution is 6.02. The van der Waals surface area contributed by atoms with Crippen molar-refractivity contribution in [2.75, 3.05) is 20.8 Å². The first-order valence-corrected chi connectivity index (χ1v) is 7.79. The lowest BCUT2D eigenvalue weighted by Crippen LogP contribution is -2.35. The number of pyridine rings is 1. The van der Waals surface area contributed by atoms with Crippen LogP contribution in [0.3, 0.4) is 0 Å². The fourth-order valence-corrected chi connectivity index (χ4v) is 2.11. The number of amides is 2. The monoisotopic (exact) mass is 356 g/mol. The van der Waals surface area contributed by atoms with Crippen LogP contribution in [0.4, 0.5) is 0 Å². The van der Waals surface area contributed by atoms with Crippen LogP contribution in [0.25, 0.3) is 0 Å². The number of aromatic nitrogens is 1. The van der Waals surface area contributed by atoms with Gasteiger partial charge in [-0.15, -0.1) is 0 Å². The van der Waals surface area contributed by atoms with E-state index in [2.05, 4.69) is 20.8 Å². The molecule has 2 aromatic rings. The number of carbonyl (C=O) groups excluding carboxylic acids is 2. The summed E-state index contributed by atoms with van der Waals surface area (Å²) in [6.07, 6.45) is 3.01. The van der Waals surface area contributed by atoms with Gasteiger partial charge in [0, 0.05) is 29.6 Å². The van der Waals surface area contributed by atoms with E-state index in [1.807, 2.05) is 0 Å². The minimum absolute atomic E-state index is 0.197. The molecule has 8 heteroatoms. The largest absolute Gasteiger partial charge is 0.497 e. The molecule has 1 aromatic heterocycles. The van der Waals surface area contributed by atoms with E-state index in [9.17, 15) is 9.59 Å². The highest BCUT2D eigenvalue weighted by Gasteiger charge is 2.10. The zero-order chi connectivity index (χ0) is 18.9. The minimum Gasteiger partial charge on any atom is -0.497 e. The zero-order valence-electron chi connectivity index (χ0n) is 14.8. The number of hydrogen-bond acceptors (Lipinski definition) is 6. The number of methoxy groups -OCH3 is 2. The lowest BCUT2D eigenvalue weighted by atomic mass is 10.1. The maximum absolute atomic E-state index is 11.9.